The highest BCUT2D eigenvalue weighted by molar-refractivity contribution is 5.98. The number of amides is 1. The number of rotatable bonds is 5. The van der Waals surface area contributed by atoms with Crippen LogP contribution in [0.2, 0.25) is 0 Å². The molecule has 0 saturated heterocycles. The zero-order chi connectivity index (χ0) is 17.8. The molecule has 126 valence electrons. The Morgan fingerprint density at radius 1 is 1.28 bits per heavy atom. The van der Waals surface area contributed by atoms with Gasteiger partial charge in [0.15, 0.2) is 0 Å². The average molecular weight is 336 g/mol. The highest BCUT2D eigenvalue weighted by Crippen LogP contribution is 2.24. The molecule has 3 rings (SSSR count). The fourth-order valence-electron chi connectivity index (χ4n) is 2.31. The first-order valence-corrected chi connectivity index (χ1v) is 7.46. The first-order chi connectivity index (χ1) is 12.1. The van der Waals surface area contributed by atoms with Crippen LogP contribution in [0, 0.1) is 12.3 Å². The summed E-state index contributed by atoms with van der Waals surface area (Å²) < 4.78 is 11.1. The van der Waals surface area contributed by atoms with E-state index in [0.29, 0.717) is 17.1 Å². The number of ether oxygens (including phenoxy) is 1. The Morgan fingerprint density at radius 2 is 2.12 bits per heavy atom. The standard InChI is InChI=1S/C18H16N4O3/c1-2-7-24-12-4-3-11-8-13(25-15(11)9-12)10-21-18(23)14-5-6-16(19)22-17(14)20/h1,3-6,8-9H,7,10H2,(H,21,23)(H4,19,20,22). The van der Waals surface area contributed by atoms with Gasteiger partial charge in [-0.1, -0.05) is 5.92 Å². The maximum atomic E-state index is 12.2. The molecule has 0 atom stereocenters. The Bertz CT molecular complexity index is 972. The van der Waals surface area contributed by atoms with Crippen LogP contribution in [0.5, 0.6) is 5.75 Å². The number of anilines is 2. The van der Waals surface area contributed by atoms with Crippen molar-refractivity contribution >= 4 is 28.5 Å². The zero-order valence-electron chi connectivity index (χ0n) is 13.3. The lowest BCUT2D eigenvalue weighted by Gasteiger charge is -2.06. The summed E-state index contributed by atoms with van der Waals surface area (Å²) in [6, 6.07) is 10.3. The minimum Gasteiger partial charge on any atom is -0.481 e. The second-order valence-corrected chi connectivity index (χ2v) is 5.26. The van der Waals surface area contributed by atoms with Crippen LogP contribution >= 0.6 is 0 Å². The number of carbonyl (C=O) groups excluding carboxylic acids is 1. The van der Waals surface area contributed by atoms with E-state index in [9.17, 15) is 4.79 Å². The lowest BCUT2D eigenvalue weighted by molar-refractivity contribution is 0.0949. The van der Waals surface area contributed by atoms with E-state index >= 15 is 0 Å². The van der Waals surface area contributed by atoms with Crippen LogP contribution < -0.4 is 21.5 Å². The second-order valence-electron chi connectivity index (χ2n) is 5.26. The maximum absolute atomic E-state index is 12.2. The average Bonchev–Trinajstić information content (AvgIpc) is 3.00. The monoisotopic (exact) mass is 336 g/mol. The summed E-state index contributed by atoms with van der Waals surface area (Å²) in [5.74, 6) is 3.60. The number of pyridine rings is 1. The molecule has 0 aliphatic heterocycles. The van der Waals surface area contributed by atoms with Gasteiger partial charge in [0, 0.05) is 11.5 Å². The Kier molecular flexibility index (Phi) is 4.44. The van der Waals surface area contributed by atoms with E-state index in [2.05, 4.69) is 16.2 Å². The zero-order valence-corrected chi connectivity index (χ0v) is 13.3. The third-order valence-electron chi connectivity index (χ3n) is 3.48. The minimum atomic E-state index is -0.358. The van der Waals surface area contributed by atoms with Crippen LogP contribution in [0.25, 0.3) is 11.0 Å². The van der Waals surface area contributed by atoms with Crippen LogP contribution in [0.3, 0.4) is 0 Å². The van der Waals surface area contributed by atoms with Gasteiger partial charge >= 0.3 is 0 Å². The molecular formula is C18H16N4O3. The van der Waals surface area contributed by atoms with Gasteiger partial charge in [0.25, 0.3) is 5.91 Å². The van der Waals surface area contributed by atoms with Crippen LogP contribution in [0.15, 0.2) is 40.8 Å². The van der Waals surface area contributed by atoms with Gasteiger partial charge in [0.1, 0.15) is 35.3 Å². The smallest absolute Gasteiger partial charge is 0.255 e. The van der Waals surface area contributed by atoms with Crippen molar-refractivity contribution in [2.24, 2.45) is 0 Å². The summed E-state index contributed by atoms with van der Waals surface area (Å²) in [6.45, 7) is 0.393. The van der Waals surface area contributed by atoms with Crippen LogP contribution in [-0.4, -0.2) is 17.5 Å². The first kappa shape index (κ1) is 16.2. The molecule has 0 spiro atoms. The Balaban J connectivity index is 1.70. The SMILES string of the molecule is C#CCOc1ccc2cc(CNC(=O)c3ccc(N)nc3N)oc2c1. The van der Waals surface area contributed by atoms with Crippen molar-refractivity contribution < 1.29 is 13.9 Å². The molecule has 0 radical (unpaired) electrons. The molecule has 25 heavy (non-hydrogen) atoms. The Morgan fingerprint density at radius 3 is 2.88 bits per heavy atom. The molecule has 2 aromatic heterocycles. The lowest BCUT2D eigenvalue weighted by Crippen LogP contribution is -2.24. The van der Waals surface area contributed by atoms with Crippen molar-refractivity contribution in [2.45, 2.75) is 6.54 Å². The van der Waals surface area contributed by atoms with Gasteiger partial charge in [0.2, 0.25) is 0 Å². The van der Waals surface area contributed by atoms with E-state index in [-0.39, 0.29) is 36.3 Å². The minimum absolute atomic E-state index is 0.0809. The molecule has 0 aliphatic rings. The topological polar surface area (TPSA) is 116 Å². The molecule has 3 aromatic rings. The molecule has 0 bridgehead atoms. The maximum Gasteiger partial charge on any atom is 0.255 e. The normalized spacial score (nSPS) is 10.4. The first-order valence-electron chi connectivity index (χ1n) is 7.46. The quantitative estimate of drug-likeness (QED) is 0.613. The Labute approximate surface area is 144 Å². The van der Waals surface area contributed by atoms with E-state index in [1.54, 1.807) is 12.1 Å². The molecular weight excluding hydrogens is 320 g/mol. The number of furan rings is 1. The van der Waals surface area contributed by atoms with E-state index in [1.807, 2.05) is 12.1 Å². The van der Waals surface area contributed by atoms with Crippen molar-refractivity contribution in [3.8, 4) is 18.1 Å². The number of terminal acetylenes is 1. The number of hydrogen-bond acceptors (Lipinski definition) is 6. The number of nitrogen functional groups attached to an aromatic ring is 2. The Hall–Kier alpha value is -3.66. The number of carbonyl (C=O) groups is 1. The van der Waals surface area contributed by atoms with E-state index in [4.69, 9.17) is 27.0 Å². The van der Waals surface area contributed by atoms with Gasteiger partial charge in [0.05, 0.1) is 12.1 Å². The molecule has 5 N–H and O–H groups in total. The number of hydrogen-bond donors (Lipinski definition) is 3. The molecule has 0 aliphatic carbocycles. The third-order valence-corrected chi connectivity index (χ3v) is 3.48. The molecule has 0 unspecified atom stereocenters. The second kappa shape index (κ2) is 6.84. The number of nitrogens with zero attached hydrogens (tertiary/aromatic N) is 1. The van der Waals surface area contributed by atoms with Gasteiger partial charge in [-0.15, -0.1) is 6.42 Å². The van der Waals surface area contributed by atoms with Crippen LogP contribution in [-0.2, 0) is 6.54 Å². The highest BCUT2D eigenvalue weighted by Gasteiger charge is 2.12. The van der Waals surface area contributed by atoms with Crippen molar-refractivity contribution in [3.05, 3.63) is 47.7 Å². The lowest BCUT2D eigenvalue weighted by atomic mass is 10.2. The molecule has 2 heterocycles. The number of nitrogens with two attached hydrogens (primary N) is 2. The molecule has 1 aromatic carbocycles. The van der Waals surface area contributed by atoms with E-state index < -0.39 is 0 Å². The fourth-order valence-corrected chi connectivity index (χ4v) is 2.31. The molecule has 1 amide bonds. The predicted octanol–water partition coefficient (Wildman–Crippen LogP) is 1.93. The van der Waals surface area contributed by atoms with E-state index in [0.717, 1.165) is 5.39 Å². The van der Waals surface area contributed by atoms with Crippen LogP contribution in [0.4, 0.5) is 11.6 Å². The van der Waals surface area contributed by atoms with Crippen molar-refractivity contribution in [2.75, 3.05) is 18.1 Å². The summed E-state index contributed by atoms with van der Waals surface area (Å²) in [5, 5.41) is 3.63. The van der Waals surface area contributed by atoms with Gasteiger partial charge in [-0.3, -0.25) is 4.79 Å². The molecule has 7 nitrogen and oxygen atoms in total. The number of benzene rings is 1. The number of nitrogens with one attached hydrogen (secondary N) is 1. The third kappa shape index (κ3) is 3.64. The van der Waals surface area contributed by atoms with Crippen molar-refractivity contribution in [1.29, 1.82) is 0 Å². The number of fused-ring (bicyclic) bond motifs is 1. The van der Waals surface area contributed by atoms with E-state index in [1.165, 1.54) is 12.1 Å². The predicted molar refractivity (Wildman–Crippen MR) is 94.8 cm³/mol. The van der Waals surface area contributed by atoms with Gasteiger partial charge in [-0.25, -0.2) is 4.98 Å². The summed E-state index contributed by atoms with van der Waals surface area (Å²) >= 11 is 0. The summed E-state index contributed by atoms with van der Waals surface area (Å²) in [4.78, 5) is 16.0. The van der Waals surface area contributed by atoms with Crippen molar-refractivity contribution in [1.82, 2.24) is 10.3 Å². The van der Waals surface area contributed by atoms with Crippen LogP contribution in [0.1, 0.15) is 16.1 Å². The molecule has 0 fully saturated rings. The summed E-state index contributed by atoms with van der Waals surface area (Å²) in [6.07, 6.45) is 5.17. The molecule has 7 heteroatoms. The van der Waals surface area contributed by atoms with Gasteiger partial charge in [-0.05, 0) is 30.3 Å². The molecule has 0 saturated carbocycles. The highest BCUT2D eigenvalue weighted by atomic mass is 16.5. The fraction of sp³-hybridized carbons (Fsp3) is 0.111. The number of aromatic nitrogens is 1. The summed E-state index contributed by atoms with van der Waals surface area (Å²) in [7, 11) is 0. The van der Waals surface area contributed by atoms with Crippen molar-refractivity contribution in [3.63, 3.8) is 0 Å². The van der Waals surface area contributed by atoms with Gasteiger partial charge in [-0.2, -0.15) is 0 Å². The largest absolute Gasteiger partial charge is 0.481 e. The van der Waals surface area contributed by atoms with Gasteiger partial charge < -0.3 is 25.9 Å². The summed E-state index contributed by atoms with van der Waals surface area (Å²) in [5.41, 5.74) is 12.1.